The highest BCUT2D eigenvalue weighted by Gasteiger charge is 2.30. The number of amides is 1. The standard InChI is InChI=1S/C16H25N3O2/c1-4-8-17-15-7-6-13(9-18-15)16(20)19-10-12(3)21-11-14(19)5-2/h6-7,9,12,14H,4-5,8,10-11H2,1-3H3,(H,17,18). The molecule has 0 aromatic carbocycles. The van der Waals surface area contributed by atoms with Crippen molar-refractivity contribution >= 4 is 11.7 Å². The highest BCUT2D eigenvalue weighted by Crippen LogP contribution is 2.18. The summed E-state index contributed by atoms with van der Waals surface area (Å²) in [7, 11) is 0. The van der Waals surface area contributed by atoms with Crippen molar-refractivity contribution in [1.29, 1.82) is 0 Å². The van der Waals surface area contributed by atoms with E-state index in [1.165, 1.54) is 0 Å². The Morgan fingerprint density at radius 3 is 2.90 bits per heavy atom. The molecule has 2 heterocycles. The van der Waals surface area contributed by atoms with Crippen LogP contribution in [-0.2, 0) is 4.74 Å². The van der Waals surface area contributed by atoms with E-state index in [9.17, 15) is 4.79 Å². The molecule has 1 aliphatic rings. The zero-order chi connectivity index (χ0) is 15.2. The fraction of sp³-hybridized carbons (Fsp3) is 0.625. The van der Waals surface area contributed by atoms with Crippen molar-refractivity contribution in [3.05, 3.63) is 23.9 Å². The van der Waals surface area contributed by atoms with E-state index in [2.05, 4.69) is 24.1 Å². The lowest BCUT2D eigenvalue weighted by Gasteiger charge is -2.38. The lowest BCUT2D eigenvalue weighted by atomic mass is 10.1. The SMILES string of the molecule is CCCNc1ccc(C(=O)N2CC(C)OCC2CC)cn1. The van der Waals surface area contributed by atoms with Crippen molar-refractivity contribution < 1.29 is 9.53 Å². The molecule has 1 amide bonds. The van der Waals surface area contributed by atoms with Crippen LogP contribution in [0.5, 0.6) is 0 Å². The number of nitrogens with one attached hydrogen (secondary N) is 1. The highest BCUT2D eigenvalue weighted by molar-refractivity contribution is 5.94. The van der Waals surface area contributed by atoms with Crippen LogP contribution in [0.4, 0.5) is 5.82 Å². The van der Waals surface area contributed by atoms with Gasteiger partial charge >= 0.3 is 0 Å². The zero-order valence-corrected chi connectivity index (χ0v) is 13.1. The number of hydrogen-bond donors (Lipinski definition) is 1. The summed E-state index contributed by atoms with van der Waals surface area (Å²) in [6, 6.07) is 3.88. The van der Waals surface area contributed by atoms with Crippen LogP contribution in [0.15, 0.2) is 18.3 Å². The number of carbonyl (C=O) groups excluding carboxylic acids is 1. The van der Waals surface area contributed by atoms with Gasteiger partial charge in [0.2, 0.25) is 0 Å². The van der Waals surface area contributed by atoms with Crippen LogP contribution in [0, 0.1) is 0 Å². The lowest BCUT2D eigenvalue weighted by molar-refractivity contribution is -0.0444. The average Bonchev–Trinajstić information content (AvgIpc) is 2.52. The van der Waals surface area contributed by atoms with Crippen LogP contribution in [0.25, 0.3) is 0 Å². The average molecular weight is 291 g/mol. The van der Waals surface area contributed by atoms with Gasteiger partial charge in [-0.05, 0) is 31.9 Å². The van der Waals surface area contributed by atoms with Gasteiger partial charge in [0.15, 0.2) is 0 Å². The number of anilines is 1. The van der Waals surface area contributed by atoms with Crippen LogP contribution >= 0.6 is 0 Å². The minimum Gasteiger partial charge on any atom is -0.375 e. The topological polar surface area (TPSA) is 54.5 Å². The molecule has 1 aliphatic heterocycles. The van der Waals surface area contributed by atoms with E-state index in [1.807, 2.05) is 24.0 Å². The number of nitrogens with zero attached hydrogens (tertiary/aromatic N) is 2. The summed E-state index contributed by atoms with van der Waals surface area (Å²) in [6.07, 6.45) is 3.71. The van der Waals surface area contributed by atoms with Crippen LogP contribution < -0.4 is 5.32 Å². The van der Waals surface area contributed by atoms with Gasteiger partial charge < -0.3 is 15.0 Å². The van der Waals surface area contributed by atoms with Crippen molar-refractivity contribution in [3.63, 3.8) is 0 Å². The van der Waals surface area contributed by atoms with Gasteiger partial charge in [-0.1, -0.05) is 13.8 Å². The Labute approximate surface area is 126 Å². The summed E-state index contributed by atoms with van der Waals surface area (Å²) in [4.78, 5) is 18.9. The molecule has 0 radical (unpaired) electrons. The summed E-state index contributed by atoms with van der Waals surface area (Å²) in [6.45, 7) is 8.34. The second kappa shape index (κ2) is 7.41. The summed E-state index contributed by atoms with van der Waals surface area (Å²) >= 11 is 0. The molecule has 2 rings (SSSR count). The number of aromatic nitrogens is 1. The van der Waals surface area contributed by atoms with Crippen LogP contribution in [0.1, 0.15) is 44.0 Å². The third-order valence-electron chi connectivity index (χ3n) is 3.77. The van der Waals surface area contributed by atoms with E-state index in [-0.39, 0.29) is 18.1 Å². The van der Waals surface area contributed by atoms with E-state index in [0.29, 0.717) is 18.7 Å². The largest absolute Gasteiger partial charge is 0.375 e. The Morgan fingerprint density at radius 2 is 2.29 bits per heavy atom. The Bertz CT molecular complexity index is 461. The molecule has 1 aromatic heterocycles. The van der Waals surface area contributed by atoms with E-state index in [0.717, 1.165) is 25.2 Å². The summed E-state index contributed by atoms with van der Waals surface area (Å²) in [5.74, 6) is 0.863. The Balaban J connectivity index is 2.07. The van der Waals surface area contributed by atoms with E-state index >= 15 is 0 Å². The van der Waals surface area contributed by atoms with Crippen LogP contribution in [0.3, 0.4) is 0 Å². The molecule has 0 saturated carbocycles. The number of hydrogen-bond acceptors (Lipinski definition) is 4. The van der Waals surface area contributed by atoms with Gasteiger partial charge in [0.05, 0.1) is 24.3 Å². The summed E-state index contributed by atoms with van der Waals surface area (Å²) in [5, 5.41) is 3.21. The van der Waals surface area contributed by atoms with Crippen molar-refractivity contribution in [1.82, 2.24) is 9.88 Å². The van der Waals surface area contributed by atoms with E-state index in [4.69, 9.17) is 4.74 Å². The molecule has 0 spiro atoms. The number of rotatable bonds is 5. The quantitative estimate of drug-likeness (QED) is 0.906. The van der Waals surface area contributed by atoms with Crippen molar-refractivity contribution in [2.75, 3.05) is 25.0 Å². The molecule has 0 aliphatic carbocycles. The predicted octanol–water partition coefficient (Wildman–Crippen LogP) is 2.54. The Kier molecular flexibility index (Phi) is 5.56. The smallest absolute Gasteiger partial charge is 0.255 e. The highest BCUT2D eigenvalue weighted by atomic mass is 16.5. The molecule has 1 saturated heterocycles. The number of pyridine rings is 1. The minimum absolute atomic E-state index is 0.0477. The van der Waals surface area contributed by atoms with Gasteiger partial charge in [0.25, 0.3) is 5.91 Å². The monoisotopic (exact) mass is 291 g/mol. The molecule has 2 unspecified atom stereocenters. The Hall–Kier alpha value is -1.62. The van der Waals surface area contributed by atoms with Gasteiger partial charge in [0, 0.05) is 19.3 Å². The first-order valence-corrected chi connectivity index (χ1v) is 7.78. The third-order valence-corrected chi connectivity index (χ3v) is 3.77. The zero-order valence-electron chi connectivity index (χ0n) is 13.1. The van der Waals surface area contributed by atoms with Gasteiger partial charge in [-0.2, -0.15) is 0 Å². The van der Waals surface area contributed by atoms with Gasteiger partial charge in [0.1, 0.15) is 5.82 Å². The fourth-order valence-electron chi connectivity index (χ4n) is 2.47. The van der Waals surface area contributed by atoms with Gasteiger partial charge in [-0.3, -0.25) is 4.79 Å². The van der Waals surface area contributed by atoms with Gasteiger partial charge in [-0.15, -0.1) is 0 Å². The first-order valence-electron chi connectivity index (χ1n) is 7.78. The molecular formula is C16H25N3O2. The van der Waals surface area contributed by atoms with Crippen LogP contribution in [0.2, 0.25) is 0 Å². The normalized spacial score (nSPS) is 22.1. The van der Waals surface area contributed by atoms with Crippen LogP contribution in [-0.4, -0.2) is 47.6 Å². The first kappa shape index (κ1) is 15.8. The fourth-order valence-corrected chi connectivity index (χ4v) is 2.47. The summed E-state index contributed by atoms with van der Waals surface area (Å²) < 4.78 is 5.64. The summed E-state index contributed by atoms with van der Waals surface area (Å²) in [5.41, 5.74) is 0.643. The number of morpholine rings is 1. The third kappa shape index (κ3) is 3.94. The van der Waals surface area contributed by atoms with E-state index < -0.39 is 0 Å². The maximum atomic E-state index is 12.6. The second-order valence-corrected chi connectivity index (χ2v) is 5.52. The molecular weight excluding hydrogens is 266 g/mol. The number of carbonyl (C=O) groups is 1. The molecule has 5 heteroatoms. The molecule has 2 atom stereocenters. The maximum Gasteiger partial charge on any atom is 0.255 e. The number of ether oxygens (including phenoxy) is 1. The molecule has 5 nitrogen and oxygen atoms in total. The molecule has 0 bridgehead atoms. The van der Waals surface area contributed by atoms with Crippen molar-refractivity contribution in [2.45, 2.75) is 45.8 Å². The molecule has 116 valence electrons. The second-order valence-electron chi connectivity index (χ2n) is 5.52. The van der Waals surface area contributed by atoms with Gasteiger partial charge in [-0.25, -0.2) is 4.98 Å². The molecule has 21 heavy (non-hydrogen) atoms. The van der Waals surface area contributed by atoms with Crippen molar-refractivity contribution in [2.24, 2.45) is 0 Å². The molecule has 1 N–H and O–H groups in total. The Morgan fingerprint density at radius 1 is 1.48 bits per heavy atom. The lowest BCUT2D eigenvalue weighted by Crippen LogP contribution is -2.51. The van der Waals surface area contributed by atoms with Crippen molar-refractivity contribution in [3.8, 4) is 0 Å². The van der Waals surface area contributed by atoms with E-state index in [1.54, 1.807) is 6.20 Å². The maximum absolute atomic E-state index is 12.6. The molecule has 1 aromatic rings. The first-order chi connectivity index (χ1) is 10.2. The predicted molar refractivity (Wildman–Crippen MR) is 83.5 cm³/mol. The molecule has 1 fully saturated rings. The minimum atomic E-state index is 0.0477.